The van der Waals surface area contributed by atoms with Crippen LogP contribution >= 0.6 is 11.8 Å². The van der Waals surface area contributed by atoms with Gasteiger partial charge in [-0.2, -0.15) is 0 Å². The van der Waals surface area contributed by atoms with Crippen LogP contribution in [0.25, 0.3) is 0 Å². The molecule has 1 aromatic heterocycles. The summed E-state index contributed by atoms with van der Waals surface area (Å²) in [6.45, 7) is 7.66. The number of thioether (sulfide) groups is 1. The number of aromatic amines is 1. The molecule has 0 radical (unpaired) electrons. The van der Waals surface area contributed by atoms with E-state index < -0.39 is 32.0 Å². The van der Waals surface area contributed by atoms with E-state index in [1.165, 1.54) is 18.2 Å². The number of nitrogens with one attached hydrogen (secondary N) is 2. The Bertz CT molecular complexity index is 1350. The van der Waals surface area contributed by atoms with Crippen LogP contribution in [-0.4, -0.2) is 30.0 Å². The molecule has 0 atom stereocenters. The SMILES string of the molecule is Cc1ccc(NC(=O)CSc2ncc(S(=O)(=O)c3ccc(C(C)(C)C)cc3)c(=O)[nH]2)cc1F. The van der Waals surface area contributed by atoms with Crippen LogP contribution in [0.3, 0.4) is 0 Å². The summed E-state index contributed by atoms with van der Waals surface area (Å²) < 4.78 is 39.4. The molecule has 1 amide bonds. The highest BCUT2D eigenvalue weighted by Gasteiger charge is 2.23. The molecule has 2 aromatic carbocycles. The van der Waals surface area contributed by atoms with E-state index in [-0.39, 0.29) is 21.2 Å². The molecule has 0 aliphatic heterocycles. The summed E-state index contributed by atoms with van der Waals surface area (Å²) in [4.78, 5) is 30.5. The zero-order chi connectivity index (χ0) is 24.4. The zero-order valence-corrected chi connectivity index (χ0v) is 20.2. The molecule has 0 fully saturated rings. The molecule has 0 saturated heterocycles. The van der Waals surface area contributed by atoms with E-state index in [9.17, 15) is 22.4 Å². The number of carbonyl (C=O) groups excluding carboxylic acids is 1. The molecule has 0 saturated carbocycles. The number of aryl methyl sites for hydroxylation is 1. The van der Waals surface area contributed by atoms with E-state index in [0.29, 0.717) is 11.3 Å². The first-order valence-corrected chi connectivity index (χ1v) is 12.5. The molecule has 3 rings (SSSR count). The molecule has 1 heterocycles. The summed E-state index contributed by atoms with van der Waals surface area (Å²) in [7, 11) is -4.06. The zero-order valence-electron chi connectivity index (χ0n) is 18.6. The largest absolute Gasteiger partial charge is 0.325 e. The molecule has 10 heteroatoms. The number of hydrogen-bond acceptors (Lipinski definition) is 6. The number of sulfone groups is 1. The number of rotatable bonds is 6. The van der Waals surface area contributed by atoms with Crippen LogP contribution in [0, 0.1) is 12.7 Å². The summed E-state index contributed by atoms with van der Waals surface area (Å²) in [6, 6.07) is 10.7. The quantitative estimate of drug-likeness (QED) is 0.399. The highest BCUT2D eigenvalue weighted by atomic mass is 32.2. The van der Waals surface area contributed by atoms with Crippen LogP contribution in [0.4, 0.5) is 10.1 Å². The number of benzene rings is 2. The predicted octanol–water partition coefficient (Wildman–Crippen LogP) is 4.08. The molecular formula is C23H24FN3O4S2. The second-order valence-corrected chi connectivity index (χ2v) is 11.3. The maximum absolute atomic E-state index is 13.6. The lowest BCUT2D eigenvalue weighted by molar-refractivity contribution is -0.113. The van der Waals surface area contributed by atoms with Crippen molar-refractivity contribution >= 4 is 33.2 Å². The van der Waals surface area contributed by atoms with Gasteiger partial charge in [-0.25, -0.2) is 17.8 Å². The molecule has 2 N–H and O–H groups in total. The Kier molecular flexibility index (Phi) is 7.08. The van der Waals surface area contributed by atoms with E-state index in [0.717, 1.165) is 23.5 Å². The smallest absolute Gasteiger partial charge is 0.270 e. The summed E-state index contributed by atoms with van der Waals surface area (Å²) in [5.41, 5.74) is 0.772. The molecule has 0 unspecified atom stereocenters. The number of hydrogen-bond donors (Lipinski definition) is 2. The highest BCUT2D eigenvalue weighted by Crippen LogP contribution is 2.25. The van der Waals surface area contributed by atoms with Gasteiger partial charge in [0.25, 0.3) is 5.56 Å². The van der Waals surface area contributed by atoms with Crippen molar-refractivity contribution in [2.75, 3.05) is 11.1 Å². The number of anilines is 1. The first kappa shape index (κ1) is 24.7. The number of amides is 1. The van der Waals surface area contributed by atoms with Gasteiger partial charge >= 0.3 is 0 Å². The van der Waals surface area contributed by atoms with Gasteiger partial charge in [0.15, 0.2) is 10.1 Å². The third-order valence-electron chi connectivity index (χ3n) is 4.86. The van der Waals surface area contributed by atoms with Crippen molar-refractivity contribution in [3.05, 3.63) is 76.0 Å². The second kappa shape index (κ2) is 9.48. The molecule has 174 valence electrons. The molecule has 0 spiro atoms. The highest BCUT2D eigenvalue weighted by molar-refractivity contribution is 7.99. The van der Waals surface area contributed by atoms with Crippen LogP contribution in [0.2, 0.25) is 0 Å². The van der Waals surface area contributed by atoms with E-state index in [4.69, 9.17) is 0 Å². The standard InChI is InChI=1S/C23H24FN3O4S2/c1-14-5-8-16(11-18(14)24)26-20(28)13-32-22-25-12-19(21(29)27-22)33(30,31)17-9-6-15(7-10-17)23(2,3)4/h5-12H,13H2,1-4H3,(H,26,28)(H,25,27,29). The van der Waals surface area contributed by atoms with Gasteiger partial charge in [0.2, 0.25) is 15.7 Å². The van der Waals surface area contributed by atoms with E-state index in [1.807, 2.05) is 20.8 Å². The Morgan fingerprint density at radius 3 is 2.39 bits per heavy atom. The van der Waals surface area contributed by atoms with Crippen LogP contribution in [0.1, 0.15) is 31.9 Å². The number of carbonyl (C=O) groups is 1. The van der Waals surface area contributed by atoms with Crippen molar-refractivity contribution in [1.82, 2.24) is 9.97 Å². The van der Waals surface area contributed by atoms with Crippen molar-refractivity contribution in [3.8, 4) is 0 Å². The van der Waals surface area contributed by atoms with Crippen molar-refractivity contribution in [3.63, 3.8) is 0 Å². The summed E-state index contributed by atoms with van der Waals surface area (Å²) >= 11 is 0.922. The normalized spacial score (nSPS) is 11.9. The Morgan fingerprint density at radius 2 is 1.82 bits per heavy atom. The topological polar surface area (TPSA) is 109 Å². The molecule has 0 bridgehead atoms. The molecule has 0 aliphatic rings. The van der Waals surface area contributed by atoms with E-state index >= 15 is 0 Å². The third kappa shape index (κ3) is 5.88. The van der Waals surface area contributed by atoms with Crippen LogP contribution in [-0.2, 0) is 20.0 Å². The van der Waals surface area contributed by atoms with Crippen molar-refractivity contribution in [1.29, 1.82) is 0 Å². The minimum atomic E-state index is -4.06. The fourth-order valence-corrected chi connectivity index (χ4v) is 4.76. The average Bonchev–Trinajstić information content (AvgIpc) is 2.74. The predicted molar refractivity (Wildman–Crippen MR) is 126 cm³/mol. The minimum Gasteiger partial charge on any atom is -0.325 e. The molecule has 7 nitrogen and oxygen atoms in total. The molecule has 33 heavy (non-hydrogen) atoms. The van der Waals surface area contributed by atoms with Crippen molar-refractivity contribution in [2.45, 2.75) is 48.1 Å². The monoisotopic (exact) mass is 489 g/mol. The molecular weight excluding hydrogens is 465 g/mol. The second-order valence-electron chi connectivity index (χ2n) is 8.46. The minimum absolute atomic E-state index is 0.00656. The lowest BCUT2D eigenvalue weighted by Gasteiger charge is -2.19. The average molecular weight is 490 g/mol. The third-order valence-corrected chi connectivity index (χ3v) is 7.51. The van der Waals surface area contributed by atoms with Gasteiger partial charge in [0.1, 0.15) is 5.82 Å². The summed E-state index contributed by atoms with van der Waals surface area (Å²) in [6.07, 6.45) is 0.988. The van der Waals surface area contributed by atoms with Crippen molar-refractivity contribution < 1.29 is 17.6 Å². The number of nitrogens with zero attached hydrogens (tertiary/aromatic N) is 1. The van der Waals surface area contributed by atoms with Gasteiger partial charge in [0, 0.05) is 5.69 Å². The van der Waals surface area contributed by atoms with Gasteiger partial charge in [-0.1, -0.05) is 50.7 Å². The summed E-state index contributed by atoms with van der Waals surface area (Å²) in [5.74, 6) is -0.975. The van der Waals surface area contributed by atoms with E-state index in [1.54, 1.807) is 31.2 Å². The Hall–Kier alpha value is -2.98. The van der Waals surface area contributed by atoms with Crippen LogP contribution in [0.15, 0.2) is 68.4 Å². The Labute approximate surface area is 195 Å². The lowest BCUT2D eigenvalue weighted by Crippen LogP contribution is -2.20. The van der Waals surface area contributed by atoms with Gasteiger partial charge in [0.05, 0.1) is 16.8 Å². The number of aromatic nitrogens is 2. The van der Waals surface area contributed by atoms with Crippen LogP contribution < -0.4 is 10.9 Å². The fraction of sp³-hybridized carbons (Fsp3) is 0.261. The first-order chi connectivity index (χ1) is 15.4. The fourth-order valence-electron chi connectivity index (χ4n) is 2.89. The molecule has 3 aromatic rings. The first-order valence-electron chi connectivity index (χ1n) is 10.0. The lowest BCUT2D eigenvalue weighted by atomic mass is 9.87. The van der Waals surface area contributed by atoms with Gasteiger partial charge in [-0.15, -0.1) is 0 Å². The van der Waals surface area contributed by atoms with Crippen LogP contribution in [0.5, 0.6) is 0 Å². The maximum Gasteiger partial charge on any atom is 0.270 e. The maximum atomic E-state index is 13.6. The Balaban J connectivity index is 1.70. The van der Waals surface area contributed by atoms with E-state index in [2.05, 4.69) is 15.3 Å². The van der Waals surface area contributed by atoms with Gasteiger partial charge in [-0.05, 0) is 47.7 Å². The molecule has 0 aliphatic carbocycles. The number of H-pyrrole nitrogens is 1. The van der Waals surface area contributed by atoms with Gasteiger partial charge < -0.3 is 10.3 Å². The Morgan fingerprint density at radius 1 is 1.15 bits per heavy atom. The summed E-state index contributed by atoms with van der Waals surface area (Å²) in [5, 5.41) is 2.64. The number of halogens is 1. The van der Waals surface area contributed by atoms with Gasteiger partial charge in [-0.3, -0.25) is 9.59 Å². The van der Waals surface area contributed by atoms with Crippen molar-refractivity contribution in [2.24, 2.45) is 0 Å².